The first-order chi connectivity index (χ1) is 12.2. The molecule has 136 valence electrons. The molecule has 0 aliphatic carbocycles. The number of rotatable bonds is 6. The third-order valence-electron chi connectivity index (χ3n) is 4.67. The van der Waals surface area contributed by atoms with Crippen LogP contribution in [0.25, 0.3) is 0 Å². The molecule has 7 heteroatoms. The Morgan fingerprint density at radius 1 is 1.32 bits per heavy atom. The molecular weight excluding hydrogens is 384 g/mol. The van der Waals surface area contributed by atoms with Crippen molar-refractivity contribution in [2.24, 2.45) is 4.99 Å². The lowest BCUT2D eigenvalue weighted by Crippen LogP contribution is -2.47. The molecule has 25 heavy (non-hydrogen) atoms. The van der Waals surface area contributed by atoms with Crippen molar-refractivity contribution in [3.05, 3.63) is 34.3 Å². The molecule has 2 aliphatic rings. The van der Waals surface area contributed by atoms with Crippen LogP contribution in [-0.2, 0) is 4.74 Å². The second kappa shape index (κ2) is 8.67. The Hall–Kier alpha value is -1.60. The van der Waals surface area contributed by atoms with Crippen molar-refractivity contribution in [1.82, 2.24) is 16.0 Å². The van der Waals surface area contributed by atoms with Crippen LogP contribution >= 0.6 is 15.9 Å². The number of hydrogen-bond donors (Lipinski definition) is 3. The molecule has 6 nitrogen and oxygen atoms in total. The van der Waals surface area contributed by atoms with E-state index in [1.165, 1.54) is 6.42 Å². The number of amides is 1. The Bertz CT molecular complexity index is 637. The minimum absolute atomic E-state index is 0.0528. The topological polar surface area (TPSA) is 74.8 Å². The lowest BCUT2D eigenvalue weighted by Gasteiger charge is -2.22. The van der Waals surface area contributed by atoms with Gasteiger partial charge in [-0.05, 0) is 43.9 Å². The van der Waals surface area contributed by atoms with Gasteiger partial charge in [-0.15, -0.1) is 0 Å². The standard InChI is InChI=1S/C18H25BrN4O2/c1-20-18(23-15-11-14-6-7-16(15)25-14)22-9-3-8-21-17(24)12-4-2-5-13(19)10-12/h2,4-5,10,14-16H,3,6-9,11H2,1H3,(H,21,24)(H2,20,22,23). The van der Waals surface area contributed by atoms with E-state index in [-0.39, 0.29) is 5.91 Å². The number of nitrogens with zero attached hydrogens (tertiary/aromatic N) is 1. The van der Waals surface area contributed by atoms with E-state index in [4.69, 9.17) is 4.74 Å². The summed E-state index contributed by atoms with van der Waals surface area (Å²) in [4.78, 5) is 16.3. The Labute approximate surface area is 156 Å². The predicted octanol–water partition coefficient (Wildman–Crippen LogP) is 2.05. The molecule has 3 atom stereocenters. The number of nitrogens with one attached hydrogen (secondary N) is 3. The van der Waals surface area contributed by atoms with Gasteiger partial charge in [0.1, 0.15) is 0 Å². The summed E-state index contributed by atoms with van der Waals surface area (Å²) in [6.45, 7) is 1.37. The molecule has 1 amide bonds. The van der Waals surface area contributed by atoms with E-state index in [1.807, 2.05) is 24.3 Å². The SMILES string of the molecule is CN=C(NCCCNC(=O)c1cccc(Br)c1)NC1CC2CCC1O2. The van der Waals surface area contributed by atoms with Crippen molar-refractivity contribution in [1.29, 1.82) is 0 Å². The fourth-order valence-electron chi connectivity index (χ4n) is 3.39. The van der Waals surface area contributed by atoms with Crippen LogP contribution in [0, 0.1) is 0 Å². The van der Waals surface area contributed by atoms with Crippen molar-refractivity contribution >= 4 is 27.8 Å². The lowest BCUT2D eigenvalue weighted by molar-refractivity contribution is 0.0952. The van der Waals surface area contributed by atoms with Crippen LogP contribution in [0.1, 0.15) is 36.0 Å². The van der Waals surface area contributed by atoms with E-state index in [1.54, 1.807) is 7.05 Å². The molecule has 3 rings (SSSR count). The van der Waals surface area contributed by atoms with Gasteiger partial charge in [0.25, 0.3) is 5.91 Å². The number of carbonyl (C=O) groups is 1. The van der Waals surface area contributed by atoms with Crippen LogP contribution in [0.2, 0.25) is 0 Å². The summed E-state index contributed by atoms with van der Waals surface area (Å²) in [5.41, 5.74) is 0.663. The van der Waals surface area contributed by atoms with E-state index in [9.17, 15) is 4.79 Å². The zero-order valence-electron chi connectivity index (χ0n) is 14.4. The van der Waals surface area contributed by atoms with Crippen molar-refractivity contribution < 1.29 is 9.53 Å². The first-order valence-electron chi connectivity index (χ1n) is 8.82. The summed E-state index contributed by atoms with van der Waals surface area (Å²) in [6.07, 6.45) is 4.97. The van der Waals surface area contributed by atoms with Gasteiger partial charge in [-0.3, -0.25) is 9.79 Å². The number of aliphatic imine (C=N–C) groups is 1. The number of halogens is 1. The summed E-state index contributed by atoms with van der Waals surface area (Å²) >= 11 is 3.38. The monoisotopic (exact) mass is 408 g/mol. The largest absolute Gasteiger partial charge is 0.373 e. The number of benzene rings is 1. The molecular formula is C18H25BrN4O2. The van der Waals surface area contributed by atoms with Gasteiger partial charge in [0.05, 0.1) is 18.2 Å². The van der Waals surface area contributed by atoms with Crippen LogP contribution in [0.5, 0.6) is 0 Å². The zero-order valence-corrected chi connectivity index (χ0v) is 16.0. The minimum Gasteiger partial charge on any atom is -0.373 e. The second-order valence-corrected chi connectivity index (χ2v) is 7.39. The Morgan fingerprint density at radius 2 is 2.16 bits per heavy atom. The molecule has 3 unspecified atom stereocenters. The Balaban J connectivity index is 1.33. The van der Waals surface area contributed by atoms with Gasteiger partial charge in [0.15, 0.2) is 5.96 Å². The molecule has 1 aromatic rings. The minimum atomic E-state index is -0.0528. The Kier molecular flexibility index (Phi) is 6.31. The van der Waals surface area contributed by atoms with E-state index in [2.05, 4.69) is 36.9 Å². The number of fused-ring (bicyclic) bond motifs is 2. The maximum Gasteiger partial charge on any atom is 0.251 e. The third kappa shape index (κ3) is 4.95. The normalized spacial score (nSPS) is 25.0. The highest BCUT2D eigenvalue weighted by molar-refractivity contribution is 9.10. The van der Waals surface area contributed by atoms with E-state index in [0.29, 0.717) is 30.4 Å². The highest BCUT2D eigenvalue weighted by atomic mass is 79.9. The average Bonchev–Trinajstić information content (AvgIpc) is 3.23. The molecule has 3 N–H and O–H groups in total. The van der Waals surface area contributed by atoms with Crippen LogP contribution in [0.4, 0.5) is 0 Å². The zero-order chi connectivity index (χ0) is 17.6. The van der Waals surface area contributed by atoms with Crippen LogP contribution in [0.15, 0.2) is 33.7 Å². The summed E-state index contributed by atoms with van der Waals surface area (Å²) in [5.74, 6) is 0.752. The molecule has 2 saturated heterocycles. The summed E-state index contributed by atoms with van der Waals surface area (Å²) in [7, 11) is 1.78. The third-order valence-corrected chi connectivity index (χ3v) is 5.16. The molecule has 2 aliphatic heterocycles. The molecule has 0 saturated carbocycles. The number of carbonyl (C=O) groups excluding carboxylic acids is 1. The Morgan fingerprint density at radius 3 is 2.84 bits per heavy atom. The number of ether oxygens (including phenoxy) is 1. The molecule has 2 bridgehead atoms. The maximum atomic E-state index is 12.1. The number of guanidine groups is 1. The quantitative estimate of drug-likeness (QED) is 0.382. The number of hydrogen-bond acceptors (Lipinski definition) is 3. The van der Waals surface area contributed by atoms with Crippen molar-refractivity contribution in [2.75, 3.05) is 20.1 Å². The van der Waals surface area contributed by atoms with E-state index < -0.39 is 0 Å². The van der Waals surface area contributed by atoms with E-state index >= 15 is 0 Å². The molecule has 2 heterocycles. The molecule has 1 aromatic carbocycles. The fraction of sp³-hybridized carbons (Fsp3) is 0.556. The van der Waals surface area contributed by atoms with Crippen molar-refractivity contribution in [3.63, 3.8) is 0 Å². The van der Waals surface area contributed by atoms with Gasteiger partial charge >= 0.3 is 0 Å². The average molecular weight is 409 g/mol. The van der Waals surface area contributed by atoms with Crippen LogP contribution < -0.4 is 16.0 Å². The summed E-state index contributed by atoms with van der Waals surface area (Å²) in [6, 6.07) is 7.75. The molecule has 2 fully saturated rings. The van der Waals surface area contributed by atoms with Gasteiger partial charge in [0, 0.05) is 30.2 Å². The highest BCUT2D eigenvalue weighted by Crippen LogP contribution is 2.34. The van der Waals surface area contributed by atoms with Gasteiger partial charge in [-0.25, -0.2) is 0 Å². The van der Waals surface area contributed by atoms with Crippen molar-refractivity contribution in [2.45, 2.75) is 43.9 Å². The molecule has 0 spiro atoms. The fourth-order valence-corrected chi connectivity index (χ4v) is 3.79. The lowest BCUT2D eigenvalue weighted by atomic mass is 9.96. The smallest absolute Gasteiger partial charge is 0.251 e. The maximum absolute atomic E-state index is 12.1. The first kappa shape index (κ1) is 18.2. The highest BCUT2D eigenvalue weighted by Gasteiger charge is 2.41. The van der Waals surface area contributed by atoms with Gasteiger partial charge in [-0.2, -0.15) is 0 Å². The van der Waals surface area contributed by atoms with Crippen molar-refractivity contribution in [3.8, 4) is 0 Å². The predicted molar refractivity (Wildman–Crippen MR) is 102 cm³/mol. The van der Waals surface area contributed by atoms with E-state index in [0.717, 1.165) is 36.2 Å². The summed E-state index contributed by atoms with van der Waals surface area (Å²) in [5, 5.41) is 9.69. The van der Waals surface area contributed by atoms with Gasteiger partial charge in [-0.1, -0.05) is 22.0 Å². The van der Waals surface area contributed by atoms with Gasteiger partial charge < -0.3 is 20.7 Å². The summed E-state index contributed by atoms with van der Waals surface area (Å²) < 4.78 is 6.76. The molecule has 0 aromatic heterocycles. The van der Waals surface area contributed by atoms with Gasteiger partial charge in [0.2, 0.25) is 0 Å². The second-order valence-electron chi connectivity index (χ2n) is 6.48. The first-order valence-corrected chi connectivity index (χ1v) is 9.61. The molecule has 0 radical (unpaired) electrons. The van der Waals surface area contributed by atoms with Crippen LogP contribution in [0.3, 0.4) is 0 Å². The van der Waals surface area contributed by atoms with Crippen LogP contribution in [-0.4, -0.2) is 50.3 Å².